The molecule has 0 amide bonds. The van der Waals surface area contributed by atoms with Gasteiger partial charge in [0.25, 0.3) is 11.0 Å². The number of carbonyl (C=O) groups excluding carboxylic acids is 1. The molecular formula is C7H2ClF3N2O5. The zero-order valence-electron chi connectivity index (χ0n) is 8.08. The van der Waals surface area contributed by atoms with E-state index in [2.05, 4.69) is 4.74 Å². The summed E-state index contributed by atoms with van der Waals surface area (Å²) in [5, 5.41) is 9.20. The van der Waals surface area contributed by atoms with Crippen LogP contribution in [-0.2, 0) is 0 Å². The lowest BCUT2D eigenvalue weighted by Gasteiger charge is -2.08. The van der Waals surface area contributed by atoms with Crippen molar-refractivity contribution in [1.82, 2.24) is 4.98 Å². The average Bonchev–Trinajstić information content (AvgIpc) is 2.18. The van der Waals surface area contributed by atoms with Crippen LogP contribution in [0.15, 0.2) is 10.9 Å². The maximum Gasteiger partial charge on any atom is 0.573 e. The third-order valence-corrected chi connectivity index (χ3v) is 1.78. The number of nitrogens with one attached hydrogen (secondary N) is 1. The second-order valence-corrected chi connectivity index (χ2v) is 3.15. The summed E-state index contributed by atoms with van der Waals surface area (Å²) in [5.41, 5.74) is -2.22. The lowest BCUT2D eigenvalue weighted by atomic mass is 10.3. The first-order chi connectivity index (χ1) is 8.11. The Balaban J connectivity index is 3.47. The SMILES string of the molecule is O=C(Cl)c1cc(=O)c(OC(F)(F)F)c([N+](=O)[O-])[nH]1. The first-order valence-corrected chi connectivity index (χ1v) is 4.37. The minimum absolute atomic E-state index is 0.364. The molecule has 98 valence electrons. The molecule has 1 rings (SSSR count). The number of alkyl halides is 3. The average molecular weight is 287 g/mol. The summed E-state index contributed by atoms with van der Waals surface area (Å²) >= 11 is 4.94. The van der Waals surface area contributed by atoms with Gasteiger partial charge in [0.15, 0.2) is 5.69 Å². The van der Waals surface area contributed by atoms with Crippen molar-refractivity contribution in [3.8, 4) is 5.75 Å². The van der Waals surface area contributed by atoms with E-state index in [0.717, 1.165) is 0 Å². The number of aromatic nitrogens is 1. The van der Waals surface area contributed by atoms with Crippen LogP contribution in [0.2, 0.25) is 0 Å². The first kappa shape index (κ1) is 14.0. The number of hydrogen-bond acceptors (Lipinski definition) is 5. The molecule has 1 aromatic heterocycles. The molecule has 0 aliphatic rings. The molecule has 0 bridgehead atoms. The molecule has 7 nitrogen and oxygen atoms in total. The maximum absolute atomic E-state index is 11.9. The fraction of sp³-hybridized carbons (Fsp3) is 0.143. The fourth-order valence-corrected chi connectivity index (χ4v) is 1.08. The van der Waals surface area contributed by atoms with Crippen LogP contribution in [-0.4, -0.2) is 21.5 Å². The van der Waals surface area contributed by atoms with Crippen LogP contribution in [0.25, 0.3) is 0 Å². The Morgan fingerprint density at radius 3 is 2.44 bits per heavy atom. The van der Waals surface area contributed by atoms with E-state index >= 15 is 0 Å². The van der Waals surface area contributed by atoms with E-state index in [1.54, 1.807) is 4.98 Å². The molecule has 0 saturated heterocycles. The number of pyridine rings is 1. The highest BCUT2D eigenvalue weighted by atomic mass is 35.5. The van der Waals surface area contributed by atoms with Gasteiger partial charge in [0.1, 0.15) is 0 Å². The van der Waals surface area contributed by atoms with Crippen molar-refractivity contribution < 1.29 is 27.6 Å². The van der Waals surface area contributed by atoms with Gasteiger partial charge in [-0.1, -0.05) is 0 Å². The summed E-state index contributed by atoms with van der Waals surface area (Å²) in [7, 11) is 0. The van der Waals surface area contributed by atoms with Gasteiger partial charge in [0.2, 0.25) is 5.43 Å². The van der Waals surface area contributed by atoms with E-state index in [9.17, 15) is 32.9 Å². The lowest BCUT2D eigenvalue weighted by molar-refractivity contribution is -0.393. The van der Waals surface area contributed by atoms with Gasteiger partial charge in [-0.05, 0) is 16.5 Å². The molecule has 0 fully saturated rings. The standard InChI is InChI=1S/C7H2ClF3N2O5/c8-5(15)2-1-3(14)4(18-7(9,10)11)6(12-2)13(16)17/h1H,(H,12,14). The molecule has 0 radical (unpaired) electrons. The molecule has 1 aromatic rings. The number of hydrogen-bond donors (Lipinski definition) is 1. The molecule has 0 spiro atoms. The number of carbonyl (C=O) groups is 1. The quantitative estimate of drug-likeness (QED) is 0.516. The topological polar surface area (TPSA) is 102 Å². The number of halogens is 4. The molecule has 0 unspecified atom stereocenters. The first-order valence-electron chi connectivity index (χ1n) is 3.99. The van der Waals surface area contributed by atoms with Crippen molar-refractivity contribution in [2.45, 2.75) is 6.36 Å². The van der Waals surface area contributed by atoms with Crippen molar-refractivity contribution in [3.05, 3.63) is 32.1 Å². The van der Waals surface area contributed by atoms with E-state index in [-0.39, 0.29) is 0 Å². The van der Waals surface area contributed by atoms with E-state index in [1.165, 1.54) is 0 Å². The number of H-pyrrole nitrogens is 1. The van der Waals surface area contributed by atoms with Crippen molar-refractivity contribution in [2.24, 2.45) is 0 Å². The number of aromatic amines is 1. The molecule has 0 aromatic carbocycles. The maximum atomic E-state index is 11.9. The normalized spacial score (nSPS) is 11.1. The van der Waals surface area contributed by atoms with Gasteiger partial charge in [0.05, 0.1) is 0 Å². The van der Waals surface area contributed by atoms with Crippen molar-refractivity contribution in [1.29, 1.82) is 0 Å². The molecule has 0 aliphatic carbocycles. The fourth-order valence-electron chi connectivity index (χ4n) is 0.983. The molecule has 0 atom stereocenters. The largest absolute Gasteiger partial charge is 0.573 e. The van der Waals surface area contributed by atoms with E-state index in [4.69, 9.17) is 11.6 Å². The van der Waals surface area contributed by atoms with Crippen LogP contribution >= 0.6 is 11.6 Å². The van der Waals surface area contributed by atoms with Gasteiger partial charge >= 0.3 is 12.2 Å². The van der Waals surface area contributed by atoms with Crippen LogP contribution in [0, 0.1) is 10.1 Å². The second-order valence-electron chi connectivity index (χ2n) is 2.80. The Kier molecular flexibility index (Phi) is 3.60. The number of nitrogens with zero attached hydrogens (tertiary/aromatic N) is 1. The summed E-state index contributed by atoms with van der Waals surface area (Å²) in [6.07, 6.45) is -5.29. The highest BCUT2D eigenvalue weighted by Crippen LogP contribution is 2.27. The number of nitro groups is 1. The van der Waals surface area contributed by atoms with Gasteiger partial charge < -0.3 is 14.9 Å². The summed E-state index contributed by atoms with van der Waals surface area (Å²) in [6.45, 7) is 0. The predicted molar refractivity (Wildman–Crippen MR) is 50.6 cm³/mol. The zero-order chi connectivity index (χ0) is 14.1. The third kappa shape index (κ3) is 3.20. The third-order valence-electron chi connectivity index (χ3n) is 1.58. The Bertz CT molecular complexity index is 567. The Hall–Kier alpha value is -2.10. The van der Waals surface area contributed by atoms with Crippen LogP contribution in [0.4, 0.5) is 19.0 Å². The van der Waals surface area contributed by atoms with Crippen LogP contribution < -0.4 is 10.2 Å². The zero-order valence-corrected chi connectivity index (χ0v) is 8.83. The van der Waals surface area contributed by atoms with Gasteiger partial charge in [-0.2, -0.15) is 0 Å². The molecule has 1 N–H and O–H groups in total. The smallest absolute Gasteiger partial charge is 0.393 e. The van der Waals surface area contributed by atoms with E-state index in [0.29, 0.717) is 6.07 Å². The summed E-state index contributed by atoms with van der Waals surface area (Å²) in [4.78, 5) is 32.7. The molecule has 18 heavy (non-hydrogen) atoms. The van der Waals surface area contributed by atoms with Gasteiger partial charge in [-0.25, -0.2) is 4.98 Å². The summed E-state index contributed by atoms with van der Waals surface area (Å²) < 4.78 is 39.0. The molecule has 11 heteroatoms. The monoisotopic (exact) mass is 286 g/mol. The van der Waals surface area contributed by atoms with Gasteiger partial charge in [-0.15, -0.1) is 13.2 Å². The highest BCUT2D eigenvalue weighted by molar-refractivity contribution is 6.67. The van der Waals surface area contributed by atoms with Crippen LogP contribution in [0.1, 0.15) is 10.5 Å². The summed E-state index contributed by atoms with van der Waals surface area (Å²) in [6, 6.07) is 0.364. The van der Waals surface area contributed by atoms with E-state index < -0.39 is 39.2 Å². The Morgan fingerprint density at radius 2 is 2.06 bits per heavy atom. The molecule has 1 heterocycles. The van der Waals surface area contributed by atoms with E-state index in [1.807, 2.05) is 0 Å². The second kappa shape index (κ2) is 4.64. The molecular weight excluding hydrogens is 285 g/mol. The van der Waals surface area contributed by atoms with Crippen LogP contribution in [0.5, 0.6) is 5.75 Å². The van der Waals surface area contributed by atoms with Gasteiger partial charge in [0, 0.05) is 6.07 Å². The minimum Gasteiger partial charge on any atom is -0.393 e. The molecule has 0 saturated carbocycles. The molecule has 0 aliphatic heterocycles. The number of rotatable bonds is 3. The van der Waals surface area contributed by atoms with Crippen molar-refractivity contribution >= 4 is 22.7 Å². The number of ether oxygens (including phenoxy) is 1. The lowest BCUT2D eigenvalue weighted by Crippen LogP contribution is -2.23. The van der Waals surface area contributed by atoms with Gasteiger partial charge in [-0.3, -0.25) is 9.59 Å². The minimum atomic E-state index is -5.29. The van der Waals surface area contributed by atoms with Crippen molar-refractivity contribution in [3.63, 3.8) is 0 Å². The Labute approximate surface area is 100 Å². The predicted octanol–water partition coefficient (Wildman–Crippen LogP) is 1.56. The van der Waals surface area contributed by atoms with Crippen LogP contribution in [0.3, 0.4) is 0 Å². The Morgan fingerprint density at radius 1 is 1.50 bits per heavy atom. The summed E-state index contributed by atoms with van der Waals surface area (Å²) in [5.74, 6) is -2.99. The highest BCUT2D eigenvalue weighted by Gasteiger charge is 2.36. The van der Waals surface area contributed by atoms with Crippen molar-refractivity contribution in [2.75, 3.05) is 0 Å².